The molecule has 0 atom stereocenters. The monoisotopic (exact) mass is 288 g/mol. The Morgan fingerprint density at radius 1 is 1.31 bits per heavy atom. The number of carboxylic acids is 1. The van der Waals surface area contributed by atoms with Crippen LogP contribution in [0.1, 0.15) is 12.0 Å². The third-order valence-corrected chi connectivity index (χ3v) is 2.91. The average Bonchev–Trinajstić information content (AvgIpc) is 2.27. The number of aryl methyl sites for hydroxylation is 1. The molecule has 88 valence electrons. The Labute approximate surface area is 102 Å². The lowest BCUT2D eigenvalue weighted by molar-refractivity contribution is -0.136. The minimum Gasteiger partial charge on any atom is -0.495 e. The Bertz CT molecular complexity index is 365. The van der Waals surface area contributed by atoms with Crippen LogP contribution in [0.5, 0.6) is 11.5 Å². The van der Waals surface area contributed by atoms with E-state index in [1.165, 1.54) is 0 Å². The molecule has 1 aromatic carbocycles. The second-order valence-corrected chi connectivity index (χ2v) is 4.00. The van der Waals surface area contributed by atoms with Gasteiger partial charge in [0.1, 0.15) is 16.0 Å². The van der Waals surface area contributed by atoms with Crippen molar-refractivity contribution in [2.45, 2.75) is 12.8 Å². The molecule has 0 bridgehead atoms. The van der Waals surface area contributed by atoms with Crippen LogP contribution in [0, 0.1) is 0 Å². The Balaban J connectivity index is 2.97. The van der Waals surface area contributed by atoms with E-state index in [2.05, 4.69) is 15.9 Å². The highest BCUT2D eigenvalue weighted by Crippen LogP contribution is 2.35. The molecular weight excluding hydrogens is 276 g/mol. The van der Waals surface area contributed by atoms with Gasteiger partial charge in [-0.3, -0.25) is 4.79 Å². The van der Waals surface area contributed by atoms with Crippen LogP contribution >= 0.6 is 15.9 Å². The fourth-order valence-corrected chi connectivity index (χ4v) is 1.87. The van der Waals surface area contributed by atoms with Gasteiger partial charge in [0.25, 0.3) is 0 Å². The highest BCUT2D eigenvalue weighted by Gasteiger charge is 2.10. The van der Waals surface area contributed by atoms with Crippen molar-refractivity contribution in [1.29, 1.82) is 0 Å². The highest BCUT2D eigenvalue weighted by atomic mass is 79.9. The molecule has 0 aromatic heterocycles. The van der Waals surface area contributed by atoms with Crippen LogP contribution in [-0.2, 0) is 11.2 Å². The Hall–Kier alpha value is -1.23. The largest absolute Gasteiger partial charge is 0.495 e. The molecule has 16 heavy (non-hydrogen) atoms. The minimum atomic E-state index is -0.819. The van der Waals surface area contributed by atoms with E-state index in [1.807, 2.05) is 0 Å². The van der Waals surface area contributed by atoms with E-state index in [0.717, 1.165) is 10.0 Å². The summed E-state index contributed by atoms with van der Waals surface area (Å²) in [6.07, 6.45) is 0.545. The number of hydrogen-bond donors (Lipinski definition) is 1. The summed E-state index contributed by atoms with van der Waals surface area (Å²) in [5.74, 6) is 0.459. The van der Waals surface area contributed by atoms with E-state index in [-0.39, 0.29) is 6.42 Å². The maximum absolute atomic E-state index is 10.5. The molecule has 0 aliphatic heterocycles. The number of ether oxygens (including phenoxy) is 2. The first-order chi connectivity index (χ1) is 7.58. The number of carbonyl (C=O) groups is 1. The molecule has 0 heterocycles. The molecule has 0 aliphatic rings. The number of methoxy groups -OCH3 is 2. The number of halogens is 1. The van der Waals surface area contributed by atoms with Gasteiger partial charge in [-0.05, 0) is 40.0 Å². The molecule has 0 aliphatic carbocycles. The van der Waals surface area contributed by atoms with Gasteiger partial charge in [0.05, 0.1) is 14.2 Å². The lowest BCUT2D eigenvalue weighted by Crippen LogP contribution is -1.99. The topological polar surface area (TPSA) is 55.8 Å². The fraction of sp³-hybridized carbons (Fsp3) is 0.364. The van der Waals surface area contributed by atoms with Crippen molar-refractivity contribution in [1.82, 2.24) is 0 Å². The molecule has 0 unspecified atom stereocenters. The van der Waals surface area contributed by atoms with Crippen LogP contribution < -0.4 is 9.47 Å². The third-order valence-electron chi connectivity index (χ3n) is 2.13. The first-order valence-electron chi connectivity index (χ1n) is 4.70. The van der Waals surface area contributed by atoms with Gasteiger partial charge in [-0.25, -0.2) is 0 Å². The van der Waals surface area contributed by atoms with Crippen molar-refractivity contribution >= 4 is 21.9 Å². The van der Waals surface area contributed by atoms with Crippen molar-refractivity contribution < 1.29 is 19.4 Å². The van der Waals surface area contributed by atoms with Gasteiger partial charge in [0.2, 0.25) is 0 Å². The highest BCUT2D eigenvalue weighted by molar-refractivity contribution is 9.10. The number of carboxylic acid groups (broad SMARTS) is 1. The molecule has 4 nitrogen and oxygen atoms in total. The van der Waals surface area contributed by atoms with Crippen molar-refractivity contribution in [2.75, 3.05) is 14.2 Å². The van der Waals surface area contributed by atoms with E-state index in [0.29, 0.717) is 17.9 Å². The average molecular weight is 289 g/mol. The van der Waals surface area contributed by atoms with Crippen molar-refractivity contribution in [3.63, 3.8) is 0 Å². The molecule has 1 N–H and O–H groups in total. The molecular formula is C11H13BrO4. The second kappa shape index (κ2) is 5.75. The quantitative estimate of drug-likeness (QED) is 0.904. The predicted molar refractivity (Wildman–Crippen MR) is 63.2 cm³/mol. The summed E-state index contributed by atoms with van der Waals surface area (Å²) in [6, 6.07) is 3.60. The molecule has 0 amide bonds. The maximum Gasteiger partial charge on any atom is 0.303 e. The predicted octanol–water partition coefficient (Wildman–Crippen LogP) is 2.48. The van der Waals surface area contributed by atoms with Gasteiger partial charge in [-0.1, -0.05) is 0 Å². The van der Waals surface area contributed by atoms with Crippen LogP contribution in [0.3, 0.4) is 0 Å². The fourth-order valence-electron chi connectivity index (χ4n) is 1.32. The molecule has 0 saturated carbocycles. The first kappa shape index (κ1) is 12.8. The summed E-state index contributed by atoms with van der Waals surface area (Å²) in [7, 11) is 3.11. The standard InChI is InChI=1S/C11H13BrO4/c1-15-8-5-7(3-4-10(13)14)6-9(16-2)11(8)12/h5-6H,3-4H2,1-2H3,(H,13,14). The van der Waals surface area contributed by atoms with Crippen LogP contribution in [0.15, 0.2) is 16.6 Å². The summed E-state index contributed by atoms with van der Waals surface area (Å²) in [5, 5.41) is 8.61. The Morgan fingerprint density at radius 3 is 2.19 bits per heavy atom. The molecule has 1 aromatic rings. The second-order valence-electron chi connectivity index (χ2n) is 3.21. The summed E-state index contributed by atoms with van der Waals surface area (Å²) in [6.45, 7) is 0. The minimum absolute atomic E-state index is 0.0912. The van der Waals surface area contributed by atoms with E-state index in [1.54, 1.807) is 26.4 Å². The molecule has 0 spiro atoms. The van der Waals surface area contributed by atoms with E-state index >= 15 is 0 Å². The Morgan fingerprint density at radius 2 is 1.81 bits per heavy atom. The molecule has 0 radical (unpaired) electrons. The summed E-state index contributed by atoms with van der Waals surface area (Å²) >= 11 is 3.35. The zero-order chi connectivity index (χ0) is 12.1. The van der Waals surface area contributed by atoms with E-state index in [9.17, 15) is 4.79 Å². The zero-order valence-electron chi connectivity index (χ0n) is 9.12. The number of hydrogen-bond acceptors (Lipinski definition) is 3. The van der Waals surface area contributed by atoms with E-state index < -0.39 is 5.97 Å². The Kier molecular flexibility index (Phi) is 4.61. The molecule has 0 fully saturated rings. The number of rotatable bonds is 5. The molecule has 5 heteroatoms. The van der Waals surface area contributed by atoms with Gasteiger partial charge in [0, 0.05) is 6.42 Å². The van der Waals surface area contributed by atoms with Crippen molar-refractivity contribution in [2.24, 2.45) is 0 Å². The SMILES string of the molecule is COc1cc(CCC(=O)O)cc(OC)c1Br. The van der Waals surface area contributed by atoms with Crippen molar-refractivity contribution in [3.05, 3.63) is 22.2 Å². The molecule has 0 saturated heterocycles. The van der Waals surface area contributed by atoms with Gasteiger partial charge in [-0.2, -0.15) is 0 Å². The van der Waals surface area contributed by atoms with Crippen LogP contribution in [0.4, 0.5) is 0 Å². The lowest BCUT2D eigenvalue weighted by atomic mass is 10.1. The summed E-state index contributed by atoms with van der Waals surface area (Å²) in [4.78, 5) is 10.5. The van der Waals surface area contributed by atoms with Gasteiger partial charge >= 0.3 is 5.97 Å². The number of benzene rings is 1. The number of aliphatic carboxylic acids is 1. The smallest absolute Gasteiger partial charge is 0.303 e. The van der Waals surface area contributed by atoms with Crippen LogP contribution in [0.2, 0.25) is 0 Å². The normalized spacial score (nSPS) is 9.94. The summed E-state index contributed by atoms with van der Waals surface area (Å²) < 4.78 is 11.1. The molecule has 1 rings (SSSR count). The maximum atomic E-state index is 10.5. The third kappa shape index (κ3) is 3.13. The first-order valence-corrected chi connectivity index (χ1v) is 5.50. The van der Waals surface area contributed by atoms with Crippen LogP contribution in [-0.4, -0.2) is 25.3 Å². The lowest BCUT2D eigenvalue weighted by Gasteiger charge is -2.10. The van der Waals surface area contributed by atoms with Crippen LogP contribution in [0.25, 0.3) is 0 Å². The van der Waals surface area contributed by atoms with Gasteiger partial charge < -0.3 is 14.6 Å². The van der Waals surface area contributed by atoms with Gasteiger partial charge in [-0.15, -0.1) is 0 Å². The zero-order valence-corrected chi connectivity index (χ0v) is 10.7. The van der Waals surface area contributed by atoms with E-state index in [4.69, 9.17) is 14.6 Å². The van der Waals surface area contributed by atoms with Crippen molar-refractivity contribution in [3.8, 4) is 11.5 Å². The van der Waals surface area contributed by atoms with Gasteiger partial charge in [0.15, 0.2) is 0 Å². The summed E-state index contributed by atoms with van der Waals surface area (Å²) in [5.41, 5.74) is 0.874.